The maximum absolute atomic E-state index is 5.11. The van der Waals surface area contributed by atoms with Crippen molar-refractivity contribution >= 4 is 18.7 Å². The van der Waals surface area contributed by atoms with E-state index in [2.05, 4.69) is 65.8 Å². The van der Waals surface area contributed by atoms with Gasteiger partial charge < -0.3 is 4.74 Å². The Bertz CT molecular complexity index is 407. The molecule has 0 amide bonds. The van der Waals surface area contributed by atoms with Crippen molar-refractivity contribution in [3.63, 3.8) is 0 Å². The number of rotatable bonds is 6. The number of hydrogen-bond donors (Lipinski definition) is 1. The molecule has 0 unspecified atom stereocenters. The van der Waals surface area contributed by atoms with Gasteiger partial charge in [-0.3, -0.25) is 5.09 Å². The molecule has 0 bridgehead atoms. The maximum atomic E-state index is 5.11. The van der Waals surface area contributed by atoms with Crippen molar-refractivity contribution in [1.82, 2.24) is 5.09 Å². The van der Waals surface area contributed by atoms with Crippen molar-refractivity contribution in [2.75, 3.05) is 20.3 Å². The van der Waals surface area contributed by atoms with E-state index in [1.807, 2.05) is 0 Å². The van der Waals surface area contributed by atoms with Crippen molar-refractivity contribution in [3.8, 4) is 0 Å². The lowest BCUT2D eigenvalue weighted by Gasteiger charge is -2.19. The van der Waals surface area contributed by atoms with Crippen LogP contribution in [0.3, 0.4) is 0 Å². The number of hydrogen-bond acceptors (Lipinski definition) is 2. The molecule has 0 saturated heterocycles. The van der Waals surface area contributed by atoms with E-state index in [0.29, 0.717) is 0 Å². The van der Waals surface area contributed by atoms with Crippen LogP contribution in [-0.4, -0.2) is 20.3 Å². The molecule has 2 aromatic carbocycles. The fraction of sp³-hybridized carbons (Fsp3) is 0.200. The van der Waals surface area contributed by atoms with E-state index in [-0.39, 0.29) is 0 Å². The van der Waals surface area contributed by atoms with Crippen LogP contribution < -0.4 is 15.7 Å². The largest absolute Gasteiger partial charge is 0.383 e. The molecule has 94 valence electrons. The molecule has 1 N–H and O–H groups in total. The highest BCUT2D eigenvalue weighted by Crippen LogP contribution is 2.27. The molecule has 2 rings (SSSR count). The Morgan fingerprint density at radius 2 is 1.39 bits per heavy atom. The molecule has 18 heavy (non-hydrogen) atoms. The van der Waals surface area contributed by atoms with Crippen LogP contribution in [-0.2, 0) is 4.74 Å². The highest BCUT2D eigenvalue weighted by atomic mass is 31.1. The Morgan fingerprint density at radius 1 is 0.889 bits per heavy atom. The molecule has 0 aliphatic carbocycles. The number of nitrogens with one attached hydrogen (secondary N) is 1. The van der Waals surface area contributed by atoms with Gasteiger partial charge in [0.2, 0.25) is 0 Å². The summed E-state index contributed by atoms with van der Waals surface area (Å²) < 4.78 is 5.11. The van der Waals surface area contributed by atoms with Gasteiger partial charge in [-0.15, -0.1) is 0 Å². The van der Waals surface area contributed by atoms with Crippen LogP contribution in [0.4, 0.5) is 0 Å². The number of methoxy groups -OCH3 is 1. The molecule has 0 spiro atoms. The fourth-order valence-electron chi connectivity index (χ4n) is 1.75. The molecule has 0 atom stereocenters. The van der Waals surface area contributed by atoms with E-state index in [0.717, 1.165) is 13.2 Å². The van der Waals surface area contributed by atoms with Gasteiger partial charge in [-0.1, -0.05) is 60.7 Å². The first-order valence-corrected chi connectivity index (χ1v) is 7.38. The number of benzene rings is 2. The van der Waals surface area contributed by atoms with Gasteiger partial charge in [0.05, 0.1) is 6.61 Å². The molecular weight excluding hydrogens is 241 g/mol. The Balaban J connectivity index is 2.18. The molecule has 0 saturated carbocycles. The minimum absolute atomic E-state index is 0.492. The molecule has 0 aromatic heterocycles. The zero-order valence-electron chi connectivity index (χ0n) is 10.5. The first-order valence-electron chi connectivity index (χ1n) is 6.04. The summed E-state index contributed by atoms with van der Waals surface area (Å²) in [7, 11) is 1.24. The quantitative estimate of drug-likeness (QED) is 0.634. The Hall–Kier alpha value is -1.21. The third-order valence-corrected chi connectivity index (χ3v) is 4.77. The molecule has 2 aromatic rings. The van der Waals surface area contributed by atoms with Crippen molar-refractivity contribution in [2.24, 2.45) is 0 Å². The Labute approximate surface area is 110 Å². The lowest BCUT2D eigenvalue weighted by Crippen LogP contribution is -2.25. The first kappa shape index (κ1) is 13.2. The molecule has 2 nitrogen and oxygen atoms in total. The van der Waals surface area contributed by atoms with Crippen molar-refractivity contribution in [3.05, 3.63) is 60.7 Å². The zero-order valence-corrected chi connectivity index (χ0v) is 11.4. The first-order chi connectivity index (χ1) is 8.92. The summed E-state index contributed by atoms with van der Waals surface area (Å²) in [4.78, 5) is 0. The van der Waals surface area contributed by atoms with Crippen LogP contribution in [0.25, 0.3) is 0 Å². The van der Waals surface area contributed by atoms with Gasteiger partial charge in [-0.05, 0) is 10.6 Å². The summed E-state index contributed by atoms with van der Waals surface area (Å²) in [6.45, 7) is 1.60. The minimum Gasteiger partial charge on any atom is -0.383 e. The summed E-state index contributed by atoms with van der Waals surface area (Å²) in [5.41, 5.74) is 0. The highest BCUT2D eigenvalue weighted by molar-refractivity contribution is 7.71. The van der Waals surface area contributed by atoms with Gasteiger partial charge in [0, 0.05) is 21.7 Å². The molecule has 0 aliphatic rings. The maximum Gasteiger partial charge on any atom is 0.0590 e. The van der Waals surface area contributed by atoms with Gasteiger partial charge in [-0.25, -0.2) is 0 Å². The van der Waals surface area contributed by atoms with Gasteiger partial charge in [0.15, 0.2) is 0 Å². The standard InChI is InChI=1S/C15H18NOP/c1-17-13-12-16-18(14-8-4-2-5-9-14)15-10-6-3-7-11-15/h2-11,16H,12-13H2,1H3. The van der Waals surface area contributed by atoms with Crippen LogP contribution in [0.2, 0.25) is 0 Å². The SMILES string of the molecule is COCCNP(c1ccccc1)c1ccccc1. The average Bonchev–Trinajstić information content (AvgIpc) is 2.46. The van der Waals surface area contributed by atoms with E-state index in [1.165, 1.54) is 10.6 Å². The van der Waals surface area contributed by atoms with Crippen LogP contribution in [0.1, 0.15) is 0 Å². The van der Waals surface area contributed by atoms with Gasteiger partial charge in [0.25, 0.3) is 0 Å². The normalized spacial score (nSPS) is 10.8. The van der Waals surface area contributed by atoms with Crippen molar-refractivity contribution < 1.29 is 4.74 Å². The van der Waals surface area contributed by atoms with Crippen LogP contribution in [0.5, 0.6) is 0 Å². The third-order valence-electron chi connectivity index (χ3n) is 2.60. The van der Waals surface area contributed by atoms with E-state index < -0.39 is 8.07 Å². The lowest BCUT2D eigenvalue weighted by atomic mass is 10.4. The van der Waals surface area contributed by atoms with E-state index in [9.17, 15) is 0 Å². The second-order valence-electron chi connectivity index (χ2n) is 3.91. The molecular formula is C15H18NOP. The van der Waals surface area contributed by atoms with Crippen molar-refractivity contribution in [1.29, 1.82) is 0 Å². The summed E-state index contributed by atoms with van der Waals surface area (Å²) in [5, 5.41) is 6.28. The summed E-state index contributed by atoms with van der Waals surface area (Å²) >= 11 is 0. The van der Waals surface area contributed by atoms with Crippen molar-refractivity contribution in [2.45, 2.75) is 0 Å². The van der Waals surface area contributed by atoms with E-state index in [4.69, 9.17) is 4.74 Å². The van der Waals surface area contributed by atoms with Gasteiger partial charge >= 0.3 is 0 Å². The average molecular weight is 259 g/mol. The van der Waals surface area contributed by atoms with Crippen LogP contribution in [0.15, 0.2) is 60.7 Å². The zero-order chi connectivity index (χ0) is 12.6. The highest BCUT2D eigenvalue weighted by Gasteiger charge is 2.12. The molecule has 0 radical (unpaired) electrons. The Kier molecular flexibility index (Phi) is 5.35. The van der Waals surface area contributed by atoms with Gasteiger partial charge in [-0.2, -0.15) is 0 Å². The smallest absolute Gasteiger partial charge is 0.0590 e. The fourth-order valence-corrected chi connectivity index (χ4v) is 3.66. The number of ether oxygens (including phenoxy) is 1. The topological polar surface area (TPSA) is 21.3 Å². The molecule has 0 heterocycles. The predicted octanol–water partition coefficient (Wildman–Crippen LogP) is 2.27. The molecule has 0 fully saturated rings. The minimum atomic E-state index is -0.492. The predicted molar refractivity (Wildman–Crippen MR) is 79.0 cm³/mol. The van der Waals surface area contributed by atoms with Gasteiger partial charge in [0.1, 0.15) is 0 Å². The second-order valence-corrected chi connectivity index (χ2v) is 5.93. The van der Waals surface area contributed by atoms with Crippen LogP contribution in [0, 0.1) is 0 Å². The summed E-state index contributed by atoms with van der Waals surface area (Å²) in [6, 6.07) is 21.2. The van der Waals surface area contributed by atoms with E-state index in [1.54, 1.807) is 7.11 Å². The molecule has 3 heteroatoms. The van der Waals surface area contributed by atoms with Crippen LogP contribution >= 0.6 is 8.07 Å². The van der Waals surface area contributed by atoms with E-state index >= 15 is 0 Å². The summed E-state index contributed by atoms with van der Waals surface area (Å²) in [5.74, 6) is 0. The lowest BCUT2D eigenvalue weighted by molar-refractivity contribution is 0.205. The third kappa shape index (κ3) is 3.64. The monoisotopic (exact) mass is 259 g/mol. The second kappa shape index (κ2) is 7.27. The Morgan fingerprint density at radius 3 is 1.83 bits per heavy atom. The molecule has 0 aliphatic heterocycles. The summed E-state index contributed by atoms with van der Waals surface area (Å²) in [6.07, 6.45) is 0.